The van der Waals surface area contributed by atoms with E-state index in [1.54, 1.807) is 0 Å². The Morgan fingerprint density at radius 1 is 1.14 bits per heavy atom. The van der Waals surface area contributed by atoms with E-state index in [2.05, 4.69) is 17.4 Å². The predicted molar refractivity (Wildman–Crippen MR) is 103 cm³/mol. The van der Waals surface area contributed by atoms with Crippen molar-refractivity contribution >= 4 is 17.6 Å². The molecule has 0 radical (unpaired) electrons. The van der Waals surface area contributed by atoms with Crippen LogP contribution in [0, 0.1) is 10.1 Å². The van der Waals surface area contributed by atoms with Crippen LogP contribution in [0.15, 0.2) is 42.5 Å². The number of aryl methyl sites for hydroxylation is 2. The van der Waals surface area contributed by atoms with Crippen molar-refractivity contribution in [3.05, 3.63) is 74.8 Å². The summed E-state index contributed by atoms with van der Waals surface area (Å²) in [6.45, 7) is 1.37. The zero-order chi connectivity index (χ0) is 20.1. The lowest BCUT2D eigenvalue weighted by Crippen LogP contribution is -2.31. The fourth-order valence-electron chi connectivity index (χ4n) is 3.40. The Morgan fingerprint density at radius 3 is 2.61 bits per heavy atom. The van der Waals surface area contributed by atoms with E-state index in [0.717, 1.165) is 18.4 Å². The fraction of sp³-hybridized carbons (Fsp3) is 0.333. The van der Waals surface area contributed by atoms with Gasteiger partial charge in [-0.05, 0) is 55.4 Å². The highest BCUT2D eigenvalue weighted by Crippen LogP contribution is 2.25. The molecule has 0 aromatic heterocycles. The van der Waals surface area contributed by atoms with Crippen molar-refractivity contribution in [3.8, 4) is 0 Å². The lowest BCUT2D eigenvalue weighted by molar-refractivity contribution is -0.385. The van der Waals surface area contributed by atoms with E-state index in [9.17, 15) is 19.7 Å². The minimum atomic E-state index is -0.899. The smallest absolute Gasteiger partial charge is 0.345 e. The van der Waals surface area contributed by atoms with Gasteiger partial charge in [-0.25, -0.2) is 4.79 Å². The van der Waals surface area contributed by atoms with Gasteiger partial charge in [-0.15, -0.1) is 0 Å². The minimum absolute atomic E-state index is 0.178. The van der Waals surface area contributed by atoms with E-state index in [0.29, 0.717) is 0 Å². The lowest BCUT2D eigenvalue weighted by Gasteiger charge is -2.20. The second-order valence-corrected chi connectivity index (χ2v) is 6.87. The third-order valence-corrected chi connectivity index (χ3v) is 4.91. The van der Waals surface area contributed by atoms with Crippen LogP contribution in [0.25, 0.3) is 0 Å². The first-order valence-electron chi connectivity index (χ1n) is 9.27. The van der Waals surface area contributed by atoms with Crippen LogP contribution in [0.5, 0.6) is 0 Å². The van der Waals surface area contributed by atoms with Crippen LogP contribution in [-0.4, -0.2) is 23.4 Å². The summed E-state index contributed by atoms with van der Waals surface area (Å²) < 4.78 is 4.95. The molecule has 0 aliphatic heterocycles. The van der Waals surface area contributed by atoms with E-state index in [1.165, 1.54) is 48.2 Å². The number of fused-ring (bicyclic) bond motifs is 1. The molecule has 2 aromatic carbocycles. The van der Waals surface area contributed by atoms with Gasteiger partial charge in [0.25, 0.3) is 11.6 Å². The summed E-state index contributed by atoms with van der Waals surface area (Å²) in [6, 6.07) is 11.5. The lowest BCUT2D eigenvalue weighted by atomic mass is 9.89. The highest BCUT2D eigenvalue weighted by molar-refractivity contribution is 5.95. The number of nitro groups is 1. The maximum atomic E-state index is 12.1. The Bertz CT molecular complexity index is 909. The molecule has 0 saturated heterocycles. The molecular weight excluding hydrogens is 360 g/mol. The molecule has 28 heavy (non-hydrogen) atoms. The van der Waals surface area contributed by atoms with Crippen LogP contribution in [-0.2, 0) is 22.4 Å². The maximum absolute atomic E-state index is 12.1. The highest BCUT2D eigenvalue weighted by Gasteiger charge is 2.21. The van der Waals surface area contributed by atoms with Crippen LogP contribution in [0.2, 0.25) is 0 Å². The molecule has 1 aliphatic rings. The molecule has 0 saturated carbocycles. The molecule has 0 spiro atoms. The average Bonchev–Trinajstić information content (AvgIpc) is 2.71. The van der Waals surface area contributed by atoms with Gasteiger partial charge in [-0.3, -0.25) is 14.9 Å². The Kier molecular flexibility index (Phi) is 6.03. The van der Waals surface area contributed by atoms with Crippen LogP contribution < -0.4 is 5.32 Å². The summed E-state index contributed by atoms with van der Waals surface area (Å²) in [6.07, 6.45) is 4.54. The van der Waals surface area contributed by atoms with Crippen LogP contribution in [0.3, 0.4) is 0 Å². The number of para-hydroxylation sites is 1. The second-order valence-electron chi connectivity index (χ2n) is 6.87. The quantitative estimate of drug-likeness (QED) is 0.468. The Morgan fingerprint density at radius 2 is 1.86 bits per heavy atom. The fourth-order valence-corrected chi connectivity index (χ4v) is 3.40. The van der Waals surface area contributed by atoms with Gasteiger partial charge >= 0.3 is 5.97 Å². The SMILES string of the molecule is CC(NC(=O)COC(=O)c1ccccc1[N+](=O)[O-])c1ccc2c(c1)CCCC2. The number of nitrogens with one attached hydrogen (secondary N) is 1. The third-order valence-electron chi connectivity index (χ3n) is 4.91. The van der Waals surface area contributed by atoms with Crippen LogP contribution >= 0.6 is 0 Å². The van der Waals surface area contributed by atoms with Crippen LogP contribution in [0.4, 0.5) is 5.69 Å². The summed E-state index contributed by atoms with van der Waals surface area (Å²) >= 11 is 0. The van der Waals surface area contributed by atoms with Crippen LogP contribution in [0.1, 0.15) is 52.9 Å². The number of ether oxygens (including phenoxy) is 1. The first-order valence-corrected chi connectivity index (χ1v) is 9.27. The van der Waals surface area contributed by atoms with E-state index < -0.39 is 23.4 Å². The van der Waals surface area contributed by atoms with Gasteiger partial charge < -0.3 is 10.1 Å². The molecule has 1 atom stereocenters. The topological polar surface area (TPSA) is 98.5 Å². The summed E-state index contributed by atoms with van der Waals surface area (Å²) in [4.78, 5) is 34.6. The van der Waals surface area contributed by atoms with Crippen molar-refractivity contribution < 1.29 is 19.2 Å². The molecule has 7 heteroatoms. The zero-order valence-corrected chi connectivity index (χ0v) is 15.6. The van der Waals surface area contributed by atoms with E-state index in [1.807, 2.05) is 13.0 Å². The van der Waals surface area contributed by atoms with Crippen molar-refractivity contribution in [2.75, 3.05) is 6.61 Å². The van der Waals surface area contributed by atoms with Crippen molar-refractivity contribution in [3.63, 3.8) is 0 Å². The Balaban J connectivity index is 1.57. The molecule has 146 valence electrons. The average molecular weight is 382 g/mol. The number of rotatable bonds is 6. The maximum Gasteiger partial charge on any atom is 0.345 e. The number of benzene rings is 2. The van der Waals surface area contributed by atoms with Crippen molar-refractivity contribution in [2.24, 2.45) is 0 Å². The Labute approximate surface area is 162 Å². The number of carbonyl (C=O) groups excluding carboxylic acids is 2. The molecular formula is C21H22N2O5. The van der Waals surface area contributed by atoms with Gasteiger partial charge in [0.15, 0.2) is 6.61 Å². The van der Waals surface area contributed by atoms with Gasteiger partial charge in [-0.2, -0.15) is 0 Å². The van der Waals surface area contributed by atoms with E-state index >= 15 is 0 Å². The molecule has 1 amide bonds. The number of amides is 1. The molecule has 1 N–H and O–H groups in total. The van der Waals surface area contributed by atoms with Gasteiger partial charge in [0.1, 0.15) is 5.56 Å². The van der Waals surface area contributed by atoms with E-state index in [-0.39, 0.29) is 17.3 Å². The molecule has 0 fully saturated rings. The first kappa shape index (κ1) is 19.5. The first-order chi connectivity index (χ1) is 13.5. The summed E-state index contributed by atoms with van der Waals surface area (Å²) in [5.74, 6) is -1.36. The predicted octanol–water partition coefficient (Wildman–Crippen LogP) is 3.51. The normalized spacial score (nSPS) is 13.9. The van der Waals surface area contributed by atoms with E-state index in [4.69, 9.17) is 4.74 Å². The molecule has 7 nitrogen and oxygen atoms in total. The number of hydrogen-bond acceptors (Lipinski definition) is 5. The molecule has 2 aromatic rings. The Hall–Kier alpha value is -3.22. The number of nitro benzene ring substituents is 1. The minimum Gasteiger partial charge on any atom is -0.452 e. The monoisotopic (exact) mass is 382 g/mol. The van der Waals surface area contributed by atoms with Crippen molar-refractivity contribution in [1.29, 1.82) is 0 Å². The molecule has 1 aliphatic carbocycles. The summed E-state index contributed by atoms with van der Waals surface area (Å²) in [5, 5.41) is 13.8. The third kappa shape index (κ3) is 4.54. The number of hydrogen-bond donors (Lipinski definition) is 1. The van der Waals surface area contributed by atoms with Crippen molar-refractivity contribution in [1.82, 2.24) is 5.32 Å². The molecule has 0 bridgehead atoms. The highest BCUT2D eigenvalue weighted by atomic mass is 16.6. The molecule has 3 rings (SSSR count). The largest absolute Gasteiger partial charge is 0.452 e. The summed E-state index contributed by atoms with van der Waals surface area (Å²) in [7, 11) is 0. The standard InChI is InChI=1S/C21H22N2O5/c1-14(16-11-10-15-6-2-3-7-17(15)12-16)22-20(24)13-28-21(25)18-8-4-5-9-19(18)23(26)27/h4-5,8-12,14H,2-3,6-7,13H2,1H3,(H,22,24). The van der Waals surface area contributed by atoms with Gasteiger partial charge in [-0.1, -0.05) is 30.3 Å². The number of nitrogens with zero attached hydrogens (tertiary/aromatic N) is 1. The zero-order valence-electron chi connectivity index (χ0n) is 15.6. The van der Waals surface area contributed by atoms with Gasteiger partial charge in [0.05, 0.1) is 11.0 Å². The molecule has 0 heterocycles. The second kappa shape index (κ2) is 8.65. The van der Waals surface area contributed by atoms with Crippen molar-refractivity contribution in [2.45, 2.75) is 38.6 Å². The molecule has 1 unspecified atom stereocenters. The number of esters is 1. The number of carbonyl (C=O) groups is 2. The van der Waals surface area contributed by atoms with Gasteiger partial charge in [0.2, 0.25) is 0 Å². The van der Waals surface area contributed by atoms with Gasteiger partial charge in [0, 0.05) is 6.07 Å². The summed E-state index contributed by atoms with van der Waals surface area (Å²) in [5.41, 5.74) is 3.16.